The lowest BCUT2D eigenvalue weighted by Gasteiger charge is -2.15. The van der Waals surface area contributed by atoms with Gasteiger partial charge in [0.05, 0.1) is 20.3 Å². The zero-order valence-corrected chi connectivity index (χ0v) is 11.4. The summed E-state index contributed by atoms with van der Waals surface area (Å²) in [7, 11) is 1.64. The lowest BCUT2D eigenvalue weighted by Crippen LogP contribution is -2.31. The fourth-order valence-corrected chi connectivity index (χ4v) is 1.70. The molecule has 1 aromatic rings. The van der Waals surface area contributed by atoms with Gasteiger partial charge in [-0.05, 0) is 31.0 Å². The number of hydrogen-bond acceptors (Lipinski definition) is 4. The van der Waals surface area contributed by atoms with Gasteiger partial charge in [-0.1, -0.05) is 13.0 Å². The van der Waals surface area contributed by atoms with E-state index < -0.39 is 0 Å². The molecule has 0 saturated heterocycles. The van der Waals surface area contributed by atoms with E-state index in [4.69, 9.17) is 14.6 Å². The normalized spacial score (nSPS) is 12.2. The van der Waals surface area contributed by atoms with Crippen LogP contribution in [0.1, 0.15) is 25.8 Å². The average Bonchev–Trinajstić information content (AvgIpc) is 2.41. The van der Waals surface area contributed by atoms with E-state index >= 15 is 0 Å². The Morgan fingerprint density at radius 1 is 1.28 bits per heavy atom. The van der Waals surface area contributed by atoms with E-state index in [1.165, 1.54) is 0 Å². The molecule has 0 amide bonds. The molecule has 0 fully saturated rings. The summed E-state index contributed by atoms with van der Waals surface area (Å²) in [5.41, 5.74) is 1.11. The molecule has 2 N–H and O–H groups in total. The molecule has 0 bridgehead atoms. The number of aliphatic hydroxyl groups is 1. The fourth-order valence-electron chi connectivity index (χ4n) is 1.70. The molecule has 0 saturated carbocycles. The van der Waals surface area contributed by atoms with E-state index in [2.05, 4.69) is 5.32 Å². The van der Waals surface area contributed by atoms with E-state index in [9.17, 15) is 0 Å². The van der Waals surface area contributed by atoms with Crippen LogP contribution >= 0.6 is 0 Å². The van der Waals surface area contributed by atoms with Crippen molar-refractivity contribution in [2.24, 2.45) is 0 Å². The van der Waals surface area contributed by atoms with E-state index in [1.807, 2.05) is 32.0 Å². The van der Waals surface area contributed by atoms with Gasteiger partial charge in [-0.15, -0.1) is 0 Å². The van der Waals surface area contributed by atoms with Crippen LogP contribution in [-0.4, -0.2) is 31.5 Å². The van der Waals surface area contributed by atoms with Crippen molar-refractivity contribution in [1.29, 1.82) is 0 Å². The predicted octanol–water partition coefficient (Wildman–Crippen LogP) is 1.95. The summed E-state index contributed by atoms with van der Waals surface area (Å²) in [6.45, 7) is 5.48. The Kier molecular flexibility index (Phi) is 6.54. The molecule has 0 aliphatic rings. The van der Waals surface area contributed by atoms with Gasteiger partial charge in [-0.3, -0.25) is 0 Å². The van der Waals surface area contributed by atoms with Gasteiger partial charge in [0, 0.05) is 12.6 Å². The molecule has 1 unspecified atom stereocenters. The molecule has 0 radical (unpaired) electrons. The maximum absolute atomic E-state index is 9.11. The third-order valence-corrected chi connectivity index (χ3v) is 2.84. The van der Waals surface area contributed by atoms with Crippen molar-refractivity contribution in [3.05, 3.63) is 23.8 Å². The van der Waals surface area contributed by atoms with Crippen LogP contribution in [-0.2, 0) is 6.54 Å². The molecule has 102 valence electrons. The monoisotopic (exact) mass is 253 g/mol. The van der Waals surface area contributed by atoms with E-state index in [0.717, 1.165) is 23.5 Å². The maximum atomic E-state index is 9.11. The molecule has 0 spiro atoms. The first-order valence-corrected chi connectivity index (χ1v) is 6.39. The summed E-state index contributed by atoms with van der Waals surface area (Å²) in [6, 6.07) is 6.02. The van der Waals surface area contributed by atoms with E-state index in [0.29, 0.717) is 13.2 Å². The van der Waals surface area contributed by atoms with Crippen LogP contribution in [0.25, 0.3) is 0 Å². The second-order valence-corrected chi connectivity index (χ2v) is 4.09. The summed E-state index contributed by atoms with van der Waals surface area (Å²) < 4.78 is 10.8. The quantitative estimate of drug-likeness (QED) is 0.743. The molecule has 0 aliphatic heterocycles. The molecular weight excluding hydrogens is 230 g/mol. The van der Waals surface area contributed by atoms with Gasteiger partial charge in [0.15, 0.2) is 11.5 Å². The number of rotatable bonds is 8. The molecule has 18 heavy (non-hydrogen) atoms. The zero-order valence-electron chi connectivity index (χ0n) is 11.4. The smallest absolute Gasteiger partial charge is 0.161 e. The van der Waals surface area contributed by atoms with Gasteiger partial charge in [0.2, 0.25) is 0 Å². The van der Waals surface area contributed by atoms with Crippen LogP contribution in [0.15, 0.2) is 18.2 Å². The van der Waals surface area contributed by atoms with E-state index in [1.54, 1.807) is 7.11 Å². The predicted molar refractivity (Wildman–Crippen MR) is 72.2 cm³/mol. The van der Waals surface area contributed by atoms with Crippen molar-refractivity contribution in [2.75, 3.05) is 20.3 Å². The van der Waals surface area contributed by atoms with Crippen molar-refractivity contribution in [1.82, 2.24) is 5.32 Å². The van der Waals surface area contributed by atoms with Crippen LogP contribution in [0.5, 0.6) is 11.5 Å². The van der Waals surface area contributed by atoms with Crippen LogP contribution in [0.4, 0.5) is 0 Å². The molecular formula is C14H23NO3. The number of ether oxygens (including phenoxy) is 2. The third kappa shape index (κ3) is 4.20. The highest BCUT2D eigenvalue weighted by molar-refractivity contribution is 5.42. The molecule has 0 aromatic heterocycles. The van der Waals surface area contributed by atoms with Gasteiger partial charge in [-0.2, -0.15) is 0 Å². The average molecular weight is 253 g/mol. The highest BCUT2D eigenvalue weighted by atomic mass is 16.5. The van der Waals surface area contributed by atoms with Gasteiger partial charge >= 0.3 is 0 Å². The number of methoxy groups -OCH3 is 1. The summed E-state index contributed by atoms with van der Waals surface area (Å²) in [6.07, 6.45) is 0.907. The number of benzene rings is 1. The second kappa shape index (κ2) is 7.95. The van der Waals surface area contributed by atoms with Crippen molar-refractivity contribution < 1.29 is 14.6 Å². The maximum Gasteiger partial charge on any atom is 0.161 e. The Morgan fingerprint density at radius 3 is 2.61 bits per heavy atom. The lowest BCUT2D eigenvalue weighted by molar-refractivity contribution is 0.238. The van der Waals surface area contributed by atoms with Crippen LogP contribution in [0.3, 0.4) is 0 Å². The van der Waals surface area contributed by atoms with Crippen molar-refractivity contribution in [3.63, 3.8) is 0 Å². The molecule has 1 atom stereocenters. The lowest BCUT2D eigenvalue weighted by atomic mass is 10.1. The summed E-state index contributed by atoms with van der Waals surface area (Å²) in [4.78, 5) is 0. The Hall–Kier alpha value is -1.26. The zero-order chi connectivity index (χ0) is 13.4. The minimum absolute atomic E-state index is 0.141. The van der Waals surface area contributed by atoms with Crippen LogP contribution < -0.4 is 14.8 Å². The Balaban J connectivity index is 2.67. The largest absolute Gasteiger partial charge is 0.493 e. The first-order valence-electron chi connectivity index (χ1n) is 6.39. The van der Waals surface area contributed by atoms with E-state index in [-0.39, 0.29) is 12.6 Å². The fraction of sp³-hybridized carbons (Fsp3) is 0.571. The number of aliphatic hydroxyl groups excluding tert-OH is 1. The molecule has 0 heterocycles. The first-order chi connectivity index (χ1) is 8.74. The van der Waals surface area contributed by atoms with Crippen molar-refractivity contribution in [2.45, 2.75) is 32.9 Å². The highest BCUT2D eigenvalue weighted by Crippen LogP contribution is 2.27. The Labute approximate surface area is 109 Å². The summed E-state index contributed by atoms with van der Waals surface area (Å²) in [5, 5.41) is 12.4. The molecule has 0 aliphatic carbocycles. The molecule has 1 rings (SSSR count). The van der Waals surface area contributed by atoms with Crippen LogP contribution in [0, 0.1) is 0 Å². The van der Waals surface area contributed by atoms with Crippen LogP contribution in [0.2, 0.25) is 0 Å². The summed E-state index contributed by atoms with van der Waals surface area (Å²) in [5.74, 6) is 1.51. The van der Waals surface area contributed by atoms with Gasteiger partial charge in [0.25, 0.3) is 0 Å². The minimum atomic E-state index is 0.141. The number of nitrogens with one attached hydrogen (secondary N) is 1. The Bertz CT molecular complexity index is 351. The second-order valence-electron chi connectivity index (χ2n) is 4.09. The highest BCUT2D eigenvalue weighted by Gasteiger charge is 2.07. The minimum Gasteiger partial charge on any atom is -0.493 e. The standard InChI is InChI=1S/C14H23NO3/c1-4-12(10-16)15-9-11-6-7-13(18-5-2)14(8-11)17-3/h6-8,12,15-16H,4-5,9-10H2,1-3H3. The van der Waals surface area contributed by atoms with Gasteiger partial charge < -0.3 is 19.9 Å². The SMILES string of the molecule is CCOc1ccc(CNC(CC)CO)cc1OC. The first kappa shape index (κ1) is 14.8. The topological polar surface area (TPSA) is 50.7 Å². The third-order valence-electron chi connectivity index (χ3n) is 2.84. The Morgan fingerprint density at radius 2 is 2.06 bits per heavy atom. The summed E-state index contributed by atoms with van der Waals surface area (Å²) >= 11 is 0. The van der Waals surface area contributed by atoms with Gasteiger partial charge in [0.1, 0.15) is 0 Å². The van der Waals surface area contributed by atoms with Crippen molar-refractivity contribution in [3.8, 4) is 11.5 Å². The molecule has 4 heteroatoms. The van der Waals surface area contributed by atoms with Crippen molar-refractivity contribution >= 4 is 0 Å². The molecule has 4 nitrogen and oxygen atoms in total. The van der Waals surface area contributed by atoms with Gasteiger partial charge in [-0.25, -0.2) is 0 Å². The number of hydrogen-bond donors (Lipinski definition) is 2. The molecule has 1 aromatic carbocycles.